The van der Waals surface area contributed by atoms with Crippen LogP contribution in [-0.2, 0) is 5.41 Å². The molecule has 0 aromatic heterocycles. The second-order valence-electron chi connectivity index (χ2n) is 8.79. The van der Waals surface area contributed by atoms with Gasteiger partial charge in [0.1, 0.15) is 11.3 Å². The van der Waals surface area contributed by atoms with Gasteiger partial charge >= 0.3 is 5.97 Å². The van der Waals surface area contributed by atoms with Gasteiger partial charge in [-0.1, -0.05) is 80.1 Å². The zero-order chi connectivity index (χ0) is 22.2. The molecule has 0 bridgehead atoms. The first-order chi connectivity index (χ1) is 14.7. The van der Waals surface area contributed by atoms with E-state index in [1.165, 1.54) is 40.0 Å². The van der Waals surface area contributed by atoms with Crippen molar-refractivity contribution < 1.29 is 15.0 Å². The lowest BCUT2D eigenvalue weighted by atomic mass is 9.72. The van der Waals surface area contributed by atoms with Gasteiger partial charge in [-0.25, -0.2) is 4.79 Å². The van der Waals surface area contributed by atoms with Crippen molar-refractivity contribution >= 4 is 23.7 Å². The number of allylic oxidation sites excluding steroid dienone is 1. The second kappa shape index (κ2) is 7.92. The van der Waals surface area contributed by atoms with E-state index in [9.17, 15) is 9.90 Å². The molecule has 0 radical (unpaired) electrons. The first kappa shape index (κ1) is 20.7. The van der Waals surface area contributed by atoms with Gasteiger partial charge in [0.05, 0.1) is 0 Å². The van der Waals surface area contributed by atoms with E-state index >= 15 is 0 Å². The molecule has 1 aliphatic rings. The Balaban J connectivity index is 1.71. The van der Waals surface area contributed by atoms with E-state index in [1.807, 2.05) is 12.2 Å². The highest BCUT2D eigenvalue weighted by atomic mass is 16.4. The molecule has 0 saturated heterocycles. The SMILES string of the molecule is Cc1ccc(C2=CCC(C)(C)c3ccc(/C=C/c4ccc(C(=O)O)c(O)c4)cc32)cc1. The highest BCUT2D eigenvalue weighted by molar-refractivity contribution is 5.91. The Morgan fingerprint density at radius 1 is 0.935 bits per heavy atom. The van der Waals surface area contributed by atoms with Crippen molar-refractivity contribution in [1.29, 1.82) is 0 Å². The molecule has 0 amide bonds. The van der Waals surface area contributed by atoms with Crippen LogP contribution in [0.4, 0.5) is 0 Å². The summed E-state index contributed by atoms with van der Waals surface area (Å²) in [6.45, 7) is 6.65. The van der Waals surface area contributed by atoms with Crippen molar-refractivity contribution in [3.05, 3.63) is 106 Å². The van der Waals surface area contributed by atoms with Gasteiger partial charge in [-0.05, 0) is 70.3 Å². The van der Waals surface area contributed by atoms with E-state index in [2.05, 4.69) is 69.3 Å². The fourth-order valence-corrected chi connectivity index (χ4v) is 4.09. The number of rotatable bonds is 4. The van der Waals surface area contributed by atoms with Crippen LogP contribution in [0.25, 0.3) is 17.7 Å². The van der Waals surface area contributed by atoms with Crippen molar-refractivity contribution in [3.63, 3.8) is 0 Å². The van der Waals surface area contributed by atoms with Crippen LogP contribution in [0.5, 0.6) is 5.75 Å². The molecule has 3 aromatic carbocycles. The van der Waals surface area contributed by atoms with Crippen molar-refractivity contribution in [3.8, 4) is 5.75 Å². The van der Waals surface area contributed by atoms with Crippen LogP contribution in [0.1, 0.15) is 64.0 Å². The molecule has 156 valence electrons. The summed E-state index contributed by atoms with van der Waals surface area (Å²) in [5.41, 5.74) is 8.08. The van der Waals surface area contributed by atoms with E-state index in [-0.39, 0.29) is 16.7 Å². The van der Waals surface area contributed by atoms with E-state index in [4.69, 9.17) is 5.11 Å². The number of fused-ring (bicyclic) bond motifs is 1. The van der Waals surface area contributed by atoms with Gasteiger partial charge in [-0.15, -0.1) is 0 Å². The number of hydrogen-bond acceptors (Lipinski definition) is 2. The summed E-state index contributed by atoms with van der Waals surface area (Å²) in [7, 11) is 0. The van der Waals surface area contributed by atoms with Crippen molar-refractivity contribution in [2.45, 2.75) is 32.6 Å². The predicted molar refractivity (Wildman–Crippen MR) is 126 cm³/mol. The molecule has 2 N–H and O–H groups in total. The molecule has 31 heavy (non-hydrogen) atoms. The minimum Gasteiger partial charge on any atom is -0.507 e. The topological polar surface area (TPSA) is 57.5 Å². The fraction of sp³-hybridized carbons (Fsp3) is 0.179. The third-order valence-electron chi connectivity index (χ3n) is 5.96. The molecule has 0 aliphatic heterocycles. The molecule has 4 rings (SSSR count). The van der Waals surface area contributed by atoms with Crippen molar-refractivity contribution in [2.24, 2.45) is 0 Å². The number of carboxylic acid groups (broad SMARTS) is 1. The average molecular weight is 411 g/mol. The van der Waals surface area contributed by atoms with Crippen molar-refractivity contribution in [1.82, 2.24) is 0 Å². The van der Waals surface area contributed by atoms with E-state index in [0.29, 0.717) is 0 Å². The van der Waals surface area contributed by atoms with Gasteiger partial charge in [-0.3, -0.25) is 0 Å². The van der Waals surface area contributed by atoms with E-state index < -0.39 is 5.97 Å². The normalized spacial score (nSPS) is 14.9. The molecule has 1 aliphatic carbocycles. The summed E-state index contributed by atoms with van der Waals surface area (Å²) in [6, 6.07) is 19.8. The average Bonchev–Trinajstić information content (AvgIpc) is 2.73. The number of carboxylic acids is 1. The molecule has 0 atom stereocenters. The van der Waals surface area contributed by atoms with Gasteiger partial charge in [0, 0.05) is 0 Å². The Morgan fingerprint density at radius 3 is 2.23 bits per heavy atom. The molecule has 0 heterocycles. The highest BCUT2D eigenvalue weighted by Crippen LogP contribution is 2.41. The Kier molecular flexibility index (Phi) is 5.28. The van der Waals surface area contributed by atoms with Crippen LogP contribution in [0.3, 0.4) is 0 Å². The first-order valence-corrected chi connectivity index (χ1v) is 10.4. The highest BCUT2D eigenvalue weighted by Gasteiger charge is 2.28. The third kappa shape index (κ3) is 4.17. The second-order valence-corrected chi connectivity index (χ2v) is 8.79. The Bertz CT molecular complexity index is 1210. The molecule has 0 fully saturated rings. The Labute approximate surface area is 183 Å². The monoisotopic (exact) mass is 410 g/mol. The molecule has 0 unspecified atom stereocenters. The summed E-state index contributed by atoms with van der Waals surface area (Å²) in [5.74, 6) is -1.37. The van der Waals surface area contributed by atoms with Crippen LogP contribution in [0.15, 0.2) is 66.7 Å². The van der Waals surface area contributed by atoms with Crippen LogP contribution in [0.2, 0.25) is 0 Å². The molecular weight excluding hydrogens is 384 g/mol. The third-order valence-corrected chi connectivity index (χ3v) is 5.96. The molecule has 3 aromatic rings. The van der Waals surface area contributed by atoms with Crippen LogP contribution in [-0.4, -0.2) is 16.2 Å². The molecule has 3 heteroatoms. The van der Waals surface area contributed by atoms with Gasteiger partial charge < -0.3 is 10.2 Å². The summed E-state index contributed by atoms with van der Waals surface area (Å²) < 4.78 is 0. The maximum absolute atomic E-state index is 11.1. The van der Waals surface area contributed by atoms with Crippen LogP contribution in [0, 0.1) is 6.92 Å². The number of phenols is 1. The number of aromatic hydroxyl groups is 1. The maximum Gasteiger partial charge on any atom is 0.339 e. The lowest BCUT2D eigenvalue weighted by molar-refractivity contribution is 0.0693. The smallest absolute Gasteiger partial charge is 0.339 e. The number of aromatic carboxylic acids is 1. The Hall–Kier alpha value is -3.59. The predicted octanol–water partition coefficient (Wildman–Crippen LogP) is 6.68. The maximum atomic E-state index is 11.1. The van der Waals surface area contributed by atoms with Gasteiger partial charge in [-0.2, -0.15) is 0 Å². The Morgan fingerprint density at radius 2 is 1.58 bits per heavy atom. The minimum absolute atomic E-state index is 0.0736. The fourth-order valence-electron chi connectivity index (χ4n) is 4.09. The van der Waals surface area contributed by atoms with Gasteiger partial charge in [0.2, 0.25) is 0 Å². The lowest BCUT2D eigenvalue weighted by Gasteiger charge is -2.32. The van der Waals surface area contributed by atoms with E-state index in [1.54, 1.807) is 6.07 Å². The number of hydrogen-bond donors (Lipinski definition) is 2. The number of aryl methyl sites for hydroxylation is 1. The van der Waals surface area contributed by atoms with Crippen LogP contribution < -0.4 is 0 Å². The standard InChI is InChI=1S/C28H26O3/c1-18-4-10-21(11-5-18)22-14-15-28(2,3)25-13-9-19(16-24(22)25)6-7-20-8-12-23(27(30)31)26(29)17-20/h4-14,16-17,29H,15H2,1-3H3,(H,30,31)/b7-6+. The summed E-state index contributed by atoms with van der Waals surface area (Å²) in [4.78, 5) is 11.1. The van der Waals surface area contributed by atoms with Gasteiger partial charge in [0.15, 0.2) is 0 Å². The molecule has 0 spiro atoms. The molecule has 3 nitrogen and oxygen atoms in total. The molecular formula is C28H26O3. The summed E-state index contributed by atoms with van der Waals surface area (Å²) in [5, 5.41) is 19.0. The van der Waals surface area contributed by atoms with Gasteiger partial charge in [0.25, 0.3) is 0 Å². The largest absolute Gasteiger partial charge is 0.507 e. The first-order valence-electron chi connectivity index (χ1n) is 10.4. The summed E-state index contributed by atoms with van der Waals surface area (Å²) >= 11 is 0. The minimum atomic E-state index is -1.14. The molecule has 0 saturated carbocycles. The van der Waals surface area contributed by atoms with Crippen LogP contribution >= 0.6 is 0 Å². The number of benzene rings is 3. The summed E-state index contributed by atoms with van der Waals surface area (Å²) in [6.07, 6.45) is 7.21. The quantitative estimate of drug-likeness (QED) is 0.472. The van der Waals surface area contributed by atoms with Crippen molar-refractivity contribution in [2.75, 3.05) is 0 Å². The number of carbonyl (C=O) groups is 1. The lowest BCUT2D eigenvalue weighted by Crippen LogP contribution is -2.21. The zero-order valence-corrected chi connectivity index (χ0v) is 18.0. The van der Waals surface area contributed by atoms with E-state index in [0.717, 1.165) is 17.5 Å². The zero-order valence-electron chi connectivity index (χ0n) is 18.0.